The van der Waals surface area contributed by atoms with Gasteiger partial charge in [-0.3, -0.25) is 9.69 Å². The Labute approximate surface area is 119 Å². The maximum Gasteiger partial charge on any atom is 0.320 e. The van der Waals surface area contributed by atoms with Crippen LogP contribution in [0.1, 0.15) is 13.8 Å². The van der Waals surface area contributed by atoms with Crippen LogP contribution in [0.4, 0.5) is 0 Å². The second-order valence-corrected chi connectivity index (χ2v) is 4.42. The van der Waals surface area contributed by atoms with E-state index in [1.807, 2.05) is 24.0 Å². The molecule has 0 radical (unpaired) electrons. The van der Waals surface area contributed by atoms with Crippen molar-refractivity contribution in [3.05, 3.63) is 29.3 Å². The van der Waals surface area contributed by atoms with Crippen LogP contribution in [0.3, 0.4) is 0 Å². The monoisotopic (exact) mass is 285 g/mol. The largest absolute Gasteiger partial charge is 0.492 e. The first-order valence-electron chi connectivity index (χ1n) is 6.42. The minimum Gasteiger partial charge on any atom is -0.492 e. The molecule has 0 spiro atoms. The molecule has 4 nitrogen and oxygen atoms in total. The highest BCUT2D eigenvalue weighted by Gasteiger charge is 2.09. The highest BCUT2D eigenvalue weighted by molar-refractivity contribution is 6.30. The van der Waals surface area contributed by atoms with Crippen molar-refractivity contribution < 1.29 is 14.3 Å². The summed E-state index contributed by atoms with van der Waals surface area (Å²) in [4.78, 5) is 13.3. The number of hydrogen-bond donors (Lipinski definition) is 0. The molecule has 0 N–H and O–H groups in total. The SMILES string of the molecule is CCOC(=O)CN(CC)CCOc1cccc(Cl)c1. The third kappa shape index (κ3) is 6.45. The Balaban J connectivity index is 2.31. The van der Waals surface area contributed by atoms with E-state index in [2.05, 4.69) is 0 Å². The van der Waals surface area contributed by atoms with E-state index in [-0.39, 0.29) is 5.97 Å². The standard InChI is InChI=1S/C14H20ClNO3/c1-3-16(11-14(17)18-4-2)8-9-19-13-7-5-6-12(15)10-13/h5-7,10H,3-4,8-9,11H2,1-2H3. The Morgan fingerprint density at radius 3 is 2.79 bits per heavy atom. The minimum absolute atomic E-state index is 0.202. The summed E-state index contributed by atoms with van der Waals surface area (Å²) < 4.78 is 10.5. The zero-order chi connectivity index (χ0) is 14.1. The maximum atomic E-state index is 11.4. The fraction of sp³-hybridized carbons (Fsp3) is 0.500. The summed E-state index contributed by atoms with van der Waals surface area (Å²) in [6.45, 7) is 6.46. The van der Waals surface area contributed by atoms with E-state index in [0.717, 1.165) is 12.3 Å². The molecular formula is C14H20ClNO3. The molecule has 0 saturated carbocycles. The lowest BCUT2D eigenvalue weighted by atomic mass is 10.3. The van der Waals surface area contributed by atoms with Crippen molar-refractivity contribution in [2.24, 2.45) is 0 Å². The Morgan fingerprint density at radius 1 is 1.37 bits per heavy atom. The number of likely N-dealkylation sites (N-methyl/N-ethyl adjacent to an activating group) is 1. The van der Waals surface area contributed by atoms with Crippen molar-refractivity contribution in [1.82, 2.24) is 4.90 Å². The highest BCUT2D eigenvalue weighted by atomic mass is 35.5. The average molecular weight is 286 g/mol. The van der Waals surface area contributed by atoms with Crippen LogP contribution >= 0.6 is 11.6 Å². The van der Waals surface area contributed by atoms with Crippen molar-refractivity contribution >= 4 is 17.6 Å². The number of esters is 1. The van der Waals surface area contributed by atoms with Crippen LogP contribution in [0.25, 0.3) is 0 Å². The predicted molar refractivity (Wildman–Crippen MR) is 75.7 cm³/mol. The van der Waals surface area contributed by atoms with Gasteiger partial charge in [-0.2, -0.15) is 0 Å². The quantitative estimate of drug-likeness (QED) is 0.688. The van der Waals surface area contributed by atoms with Gasteiger partial charge in [-0.05, 0) is 31.7 Å². The molecule has 0 aromatic heterocycles. The van der Waals surface area contributed by atoms with E-state index < -0.39 is 0 Å². The number of ether oxygens (including phenoxy) is 2. The van der Waals surface area contributed by atoms with Crippen molar-refractivity contribution in [1.29, 1.82) is 0 Å². The zero-order valence-electron chi connectivity index (χ0n) is 11.4. The van der Waals surface area contributed by atoms with Gasteiger partial charge in [0.15, 0.2) is 0 Å². The molecule has 0 aliphatic heterocycles. The van der Waals surface area contributed by atoms with Crippen LogP contribution in [0, 0.1) is 0 Å². The summed E-state index contributed by atoms with van der Waals surface area (Å²) >= 11 is 5.87. The molecule has 1 aromatic rings. The molecule has 0 fully saturated rings. The van der Waals surface area contributed by atoms with Gasteiger partial charge in [0.2, 0.25) is 0 Å². The molecular weight excluding hydrogens is 266 g/mol. The number of halogens is 1. The number of carbonyl (C=O) groups is 1. The van der Waals surface area contributed by atoms with Crippen LogP contribution in [0.2, 0.25) is 5.02 Å². The Hall–Kier alpha value is -1.26. The molecule has 0 saturated heterocycles. The lowest BCUT2D eigenvalue weighted by Gasteiger charge is -2.19. The lowest BCUT2D eigenvalue weighted by molar-refractivity contribution is -0.144. The topological polar surface area (TPSA) is 38.8 Å². The van der Waals surface area contributed by atoms with Crippen LogP contribution < -0.4 is 4.74 Å². The summed E-state index contributed by atoms with van der Waals surface area (Å²) in [7, 11) is 0. The molecule has 5 heteroatoms. The first-order chi connectivity index (χ1) is 9.15. The molecule has 0 amide bonds. The van der Waals surface area contributed by atoms with Gasteiger partial charge in [0.25, 0.3) is 0 Å². The van der Waals surface area contributed by atoms with Crippen LogP contribution in [0.5, 0.6) is 5.75 Å². The van der Waals surface area contributed by atoms with Gasteiger partial charge >= 0.3 is 5.97 Å². The molecule has 1 rings (SSSR count). The summed E-state index contributed by atoms with van der Waals surface area (Å²) in [5, 5.41) is 0.649. The Morgan fingerprint density at radius 2 is 2.16 bits per heavy atom. The van der Waals surface area contributed by atoms with E-state index in [1.165, 1.54) is 0 Å². The van der Waals surface area contributed by atoms with Crippen molar-refractivity contribution in [3.8, 4) is 5.75 Å². The molecule has 1 aromatic carbocycles. The maximum absolute atomic E-state index is 11.4. The highest BCUT2D eigenvalue weighted by Crippen LogP contribution is 2.16. The fourth-order valence-corrected chi connectivity index (χ4v) is 1.77. The van der Waals surface area contributed by atoms with E-state index in [0.29, 0.717) is 31.3 Å². The van der Waals surface area contributed by atoms with Gasteiger partial charge in [-0.1, -0.05) is 24.6 Å². The molecule has 0 heterocycles. The third-order valence-corrected chi connectivity index (χ3v) is 2.81. The Bertz CT molecular complexity index is 398. The van der Waals surface area contributed by atoms with Gasteiger partial charge in [0.1, 0.15) is 12.4 Å². The number of hydrogen-bond acceptors (Lipinski definition) is 4. The Kier molecular flexibility index (Phi) is 7.30. The normalized spacial score (nSPS) is 10.5. The summed E-state index contributed by atoms with van der Waals surface area (Å²) in [6, 6.07) is 7.26. The first kappa shape index (κ1) is 15.8. The summed E-state index contributed by atoms with van der Waals surface area (Å²) in [5.41, 5.74) is 0. The zero-order valence-corrected chi connectivity index (χ0v) is 12.2. The first-order valence-corrected chi connectivity index (χ1v) is 6.79. The van der Waals surface area contributed by atoms with Crippen LogP contribution in [-0.2, 0) is 9.53 Å². The van der Waals surface area contributed by atoms with E-state index in [4.69, 9.17) is 21.1 Å². The van der Waals surface area contributed by atoms with Crippen molar-refractivity contribution in [2.75, 3.05) is 32.8 Å². The average Bonchev–Trinajstić information content (AvgIpc) is 2.38. The lowest BCUT2D eigenvalue weighted by Crippen LogP contribution is -2.34. The number of rotatable bonds is 8. The second kappa shape index (κ2) is 8.77. The number of benzene rings is 1. The predicted octanol–water partition coefficient (Wildman–Crippen LogP) is 2.60. The van der Waals surface area contributed by atoms with Crippen molar-refractivity contribution in [3.63, 3.8) is 0 Å². The molecule has 0 aliphatic rings. The molecule has 0 aliphatic carbocycles. The van der Waals surface area contributed by atoms with Gasteiger partial charge in [0.05, 0.1) is 13.2 Å². The molecule has 0 unspecified atom stereocenters. The molecule has 0 bridgehead atoms. The smallest absolute Gasteiger partial charge is 0.320 e. The molecule has 0 atom stereocenters. The minimum atomic E-state index is -0.202. The summed E-state index contributed by atoms with van der Waals surface area (Å²) in [6.07, 6.45) is 0. The van der Waals surface area contributed by atoms with Gasteiger partial charge in [-0.25, -0.2) is 0 Å². The van der Waals surface area contributed by atoms with E-state index in [9.17, 15) is 4.79 Å². The van der Waals surface area contributed by atoms with Crippen molar-refractivity contribution in [2.45, 2.75) is 13.8 Å². The van der Waals surface area contributed by atoms with Gasteiger partial charge < -0.3 is 9.47 Å². The van der Waals surface area contributed by atoms with E-state index in [1.54, 1.807) is 19.1 Å². The van der Waals surface area contributed by atoms with E-state index >= 15 is 0 Å². The molecule has 19 heavy (non-hydrogen) atoms. The van der Waals surface area contributed by atoms with Crippen LogP contribution in [0.15, 0.2) is 24.3 Å². The summed E-state index contributed by atoms with van der Waals surface area (Å²) in [5.74, 6) is 0.534. The number of carbonyl (C=O) groups excluding carboxylic acids is 1. The van der Waals surface area contributed by atoms with Crippen LogP contribution in [-0.4, -0.2) is 43.7 Å². The third-order valence-electron chi connectivity index (χ3n) is 2.58. The molecule has 106 valence electrons. The fourth-order valence-electron chi connectivity index (χ4n) is 1.59. The van der Waals surface area contributed by atoms with Gasteiger partial charge in [0, 0.05) is 11.6 Å². The number of nitrogens with zero attached hydrogens (tertiary/aromatic N) is 1. The van der Waals surface area contributed by atoms with Gasteiger partial charge in [-0.15, -0.1) is 0 Å². The second-order valence-electron chi connectivity index (χ2n) is 3.98.